The number of allylic oxidation sites excluding steroid dienone is 2. The molecule has 74 valence electrons. The normalized spacial score (nSPS) is 10.5. The zero-order chi connectivity index (χ0) is 10.6. The van der Waals surface area contributed by atoms with Crippen LogP contribution in [0.1, 0.15) is 18.1 Å². The fourth-order valence-corrected chi connectivity index (χ4v) is 1.27. The Morgan fingerprint density at radius 2 is 2.14 bits per heavy atom. The molecule has 0 spiro atoms. The molecule has 1 rings (SSSR count). The number of rotatable bonds is 3. The summed E-state index contributed by atoms with van der Waals surface area (Å²) in [5.41, 5.74) is 3.38. The van der Waals surface area contributed by atoms with Crippen molar-refractivity contribution in [1.29, 1.82) is 0 Å². The van der Waals surface area contributed by atoms with Crippen molar-refractivity contribution in [3.63, 3.8) is 0 Å². The fourth-order valence-electron chi connectivity index (χ4n) is 1.27. The van der Waals surface area contributed by atoms with Gasteiger partial charge in [-0.05, 0) is 31.0 Å². The molecule has 0 radical (unpaired) electrons. The summed E-state index contributed by atoms with van der Waals surface area (Å²) in [5.74, 6) is 0.925. The molecule has 0 fully saturated rings. The van der Waals surface area contributed by atoms with Crippen molar-refractivity contribution in [2.75, 3.05) is 7.11 Å². The molecule has 0 aliphatic rings. The molecule has 14 heavy (non-hydrogen) atoms. The van der Waals surface area contributed by atoms with Crippen LogP contribution in [0.5, 0.6) is 5.75 Å². The zero-order valence-corrected chi connectivity index (χ0v) is 9.00. The van der Waals surface area contributed by atoms with Crippen LogP contribution in [0.25, 0.3) is 6.08 Å². The van der Waals surface area contributed by atoms with E-state index in [-0.39, 0.29) is 0 Å². The van der Waals surface area contributed by atoms with Gasteiger partial charge in [0.25, 0.3) is 0 Å². The van der Waals surface area contributed by atoms with Gasteiger partial charge in [-0.1, -0.05) is 36.4 Å². The number of hydrogen-bond donors (Lipinski definition) is 0. The molecular formula is C13H16O. The second kappa shape index (κ2) is 4.66. The van der Waals surface area contributed by atoms with E-state index < -0.39 is 0 Å². The van der Waals surface area contributed by atoms with E-state index in [9.17, 15) is 0 Å². The van der Waals surface area contributed by atoms with Crippen molar-refractivity contribution in [3.05, 3.63) is 47.6 Å². The Balaban J connectivity index is 3.03. The van der Waals surface area contributed by atoms with E-state index in [2.05, 4.69) is 25.6 Å². The van der Waals surface area contributed by atoms with Gasteiger partial charge in [0.2, 0.25) is 0 Å². The minimum Gasteiger partial charge on any atom is -0.496 e. The molecular weight excluding hydrogens is 172 g/mol. The lowest BCUT2D eigenvalue weighted by Crippen LogP contribution is -1.88. The highest BCUT2D eigenvalue weighted by Crippen LogP contribution is 2.21. The number of benzene rings is 1. The molecule has 0 aliphatic heterocycles. The van der Waals surface area contributed by atoms with Crippen molar-refractivity contribution in [2.45, 2.75) is 13.8 Å². The fraction of sp³-hybridized carbons (Fsp3) is 0.231. The van der Waals surface area contributed by atoms with Crippen LogP contribution in [0.3, 0.4) is 0 Å². The van der Waals surface area contributed by atoms with E-state index in [4.69, 9.17) is 4.74 Å². The highest BCUT2D eigenvalue weighted by Gasteiger charge is 1.99. The molecule has 0 N–H and O–H groups in total. The van der Waals surface area contributed by atoms with Crippen LogP contribution in [0, 0.1) is 6.92 Å². The lowest BCUT2D eigenvalue weighted by molar-refractivity contribution is 0.411. The summed E-state index contributed by atoms with van der Waals surface area (Å²) >= 11 is 0. The Morgan fingerprint density at radius 1 is 1.43 bits per heavy atom. The van der Waals surface area contributed by atoms with E-state index in [1.54, 1.807) is 7.11 Å². The molecule has 1 nitrogen and oxygen atoms in total. The van der Waals surface area contributed by atoms with Crippen LogP contribution in [0.2, 0.25) is 0 Å². The summed E-state index contributed by atoms with van der Waals surface area (Å²) in [6.07, 6.45) is 4.06. The topological polar surface area (TPSA) is 9.23 Å². The molecule has 0 aromatic heterocycles. The monoisotopic (exact) mass is 188 g/mol. The van der Waals surface area contributed by atoms with Gasteiger partial charge in [0, 0.05) is 0 Å². The third-order valence-electron chi connectivity index (χ3n) is 2.09. The molecule has 0 atom stereocenters. The van der Waals surface area contributed by atoms with Gasteiger partial charge in [-0.2, -0.15) is 0 Å². The minimum atomic E-state index is 0.925. The average molecular weight is 188 g/mol. The maximum absolute atomic E-state index is 5.24. The summed E-state index contributed by atoms with van der Waals surface area (Å²) in [4.78, 5) is 0. The zero-order valence-electron chi connectivity index (χ0n) is 9.00. The molecule has 0 unspecified atom stereocenters. The van der Waals surface area contributed by atoms with Crippen molar-refractivity contribution < 1.29 is 4.74 Å². The molecule has 0 saturated carbocycles. The van der Waals surface area contributed by atoms with Gasteiger partial charge in [-0.15, -0.1) is 0 Å². The van der Waals surface area contributed by atoms with Gasteiger partial charge in [-0.3, -0.25) is 0 Å². The van der Waals surface area contributed by atoms with Crippen LogP contribution in [0.4, 0.5) is 0 Å². The second-order valence-corrected chi connectivity index (χ2v) is 3.35. The highest BCUT2D eigenvalue weighted by atomic mass is 16.5. The van der Waals surface area contributed by atoms with Crippen LogP contribution in [-0.4, -0.2) is 7.11 Å². The van der Waals surface area contributed by atoms with Crippen LogP contribution in [-0.2, 0) is 0 Å². The summed E-state index contributed by atoms with van der Waals surface area (Å²) in [7, 11) is 1.69. The van der Waals surface area contributed by atoms with E-state index in [1.165, 1.54) is 5.56 Å². The Hall–Kier alpha value is -1.50. The summed E-state index contributed by atoms with van der Waals surface area (Å²) in [5, 5.41) is 0. The predicted molar refractivity (Wildman–Crippen MR) is 61.6 cm³/mol. The van der Waals surface area contributed by atoms with Gasteiger partial charge in [-0.25, -0.2) is 0 Å². The summed E-state index contributed by atoms with van der Waals surface area (Å²) < 4.78 is 5.24. The van der Waals surface area contributed by atoms with E-state index in [1.807, 2.05) is 25.1 Å². The SMILES string of the molecule is C=C(C)/C=C\c1cccc(OC)c1C. The minimum absolute atomic E-state index is 0.925. The smallest absolute Gasteiger partial charge is 0.122 e. The third-order valence-corrected chi connectivity index (χ3v) is 2.09. The highest BCUT2D eigenvalue weighted by molar-refractivity contribution is 5.59. The molecule has 0 amide bonds. The Bertz CT molecular complexity index is 361. The molecule has 1 aromatic carbocycles. The first-order chi connectivity index (χ1) is 6.65. The number of ether oxygens (including phenoxy) is 1. The molecule has 0 bridgehead atoms. The Morgan fingerprint density at radius 3 is 2.71 bits per heavy atom. The third kappa shape index (κ3) is 2.49. The Labute approximate surface area is 85.7 Å². The van der Waals surface area contributed by atoms with Crippen LogP contribution < -0.4 is 4.74 Å². The van der Waals surface area contributed by atoms with E-state index in [0.717, 1.165) is 16.9 Å². The van der Waals surface area contributed by atoms with E-state index in [0.29, 0.717) is 0 Å². The first-order valence-electron chi connectivity index (χ1n) is 4.62. The predicted octanol–water partition coefficient (Wildman–Crippen LogP) is 3.59. The van der Waals surface area contributed by atoms with Crippen molar-refractivity contribution in [2.24, 2.45) is 0 Å². The van der Waals surface area contributed by atoms with Crippen molar-refractivity contribution in [1.82, 2.24) is 0 Å². The molecule has 1 aromatic rings. The first-order valence-corrected chi connectivity index (χ1v) is 4.62. The molecule has 1 heteroatoms. The van der Waals surface area contributed by atoms with Gasteiger partial charge in [0.05, 0.1) is 7.11 Å². The van der Waals surface area contributed by atoms with Gasteiger partial charge in [0.15, 0.2) is 0 Å². The quantitative estimate of drug-likeness (QED) is 0.659. The number of methoxy groups -OCH3 is 1. The number of hydrogen-bond acceptors (Lipinski definition) is 1. The maximum Gasteiger partial charge on any atom is 0.122 e. The van der Waals surface area contributed by atoms with Gasteiger partial charge < -0.3 is 4.74 Å². The van der Waals surface area contributed by atoms with Crippen molar-refractivity contribution >= 4 is 6.08 Å². The van der Waals surface area contributed by atoms with Crippen LogP contribution in [0.15, 0.2) is 36.4 Å². The summed E-state index contributed by atoms with van der Waals surface area (Å²) in [6, 6.07) is 6.02. The lowest BCUT2D eigenvalue weighted by Gasteiger charge is -2.06. The average Bonchev–Trinajstić information content (AvgIpc) is 2.16. The molecule has 0 saturated heterocycles. The van der Waals surface area contributed by atoms with Gasteiger partial charge >= 0.3 is 0 Å². The second-order valence-electron chi connectivity index (χ2n) is 3.35. The van der Waals surface area contributed by atoms with E-state index >= 15 is 0 Å². The van der Waals surface area contributed by atoms with Gasteiger partial charge in [0.1, 0.15) is 5.75 Å². The largest absolute Gasteiger partial charge is 0.496 e. The maximum atomic E-state index is 5.24. The standard InChI is InChI=1S/C13H16O/c1-10(2)8-9-12-6-5-7-13(14-4)11(12)3/h5-9H,1H2,2-4H3/b9-8-. The van der Waals surface area contributed by atoms with Crippen LogP contribution >= 0.6 is 0 Å². The molecule has 0 heterocycles. The summed E-state index contributed by atoms with van der Waals surface area (Å²) in [6.45, 7) is 7.86. The lowest BCUT2D eigenvalue weighted by atomic mass is 10.1. The first kappa shape index (κ1) is 10.6. The molecule has 0 aliphatic carbocycles. The van der Waals surface area contributed by atoms with Crippen molar-refractivity contribution in [3.8, 4) is 5.75 Å². The Kier molecular flexibility index (Phi) is 3.52.